The van der Waals surface area contributed by atoms with Gasteiger partial charge in [0, 0.05) is 16.1 Å². The Balaban J connectivity index is 1.67. The number of hydrogen-bond donors (Lipinski definition) is 1. The molecule has 0 spiro atoms. The summed E-state index contributed by atoms with van der Waals surface area (Å²) >= 11 is 1.69. The van der Waals surface area contributed by atoms with E-state index in [0.29, 0.717) is 13.2 Å². The van der Waals surface area contributed by atoms with Gasteiger partial charge in [0.15, 0.2) is 5.79 Å². The Labute approximate surface area is 157 Å². The first-order valence-corrected chi connectivity index (χ1v) is 9.63. The average molecular weight is 369 g/mol. The number of hydrogen-bond acceptors (Lipinski definition) is 5. The molecule has 0 aliphatic carbocycles. The summed E-state index contributed by atoms with van der Waals surface area (Å²) in [6.07, 6.45) is -0.230. The highest BCUT2D eigenvalue weighted by molar-refractivity contribution is 7.19. The molecule has 1 N–H and O–H groups in total. The van der Waals surface area contributed by atoms with Crippen LogP contribution in [0.25, 0.3) is 10.1 Å². The molecule has 2 heterocycles. The van der Waals surface area contributed by atoms with Crippen molar-refractivity contribution in [1.29, 1.82) is 0 Å². The third kappa shape index (κ3) is 3.68. The highest BCUT2D eigenvalue weighted by Crippen LogP contribution is 2.39. The molecule has 4 rings (SSSR count). The minimum atomic E-state index is -0.632. The Morgan fingerprint density at radius 1 is 1.15 bits per heavy atom. The lowest BCUT2D eigenvalue weighted by Crippen LogP contribution is -2.36. The van der Waals surface area contributed by atoms with Crippen LogP contribution < -0.4 is 0 Å². The number of benzene rings is 2. The first kappa shape index (κ1) is 17.6. The van der Waals surface area contributed by atoms with E-state index in [1.54, 1.807) is 11.3 Å². The van der Waals surface area contributed by atoms with Crippen LogP contribution in [0.5, 0.6) is 0 Å². The summed E-state index contributed by atoms with van der Waals surface area (Å²) in [6.45, 7) is 4.71. The normalized spacial score (nSPS) is 20.7. The van der Waals surface area contributed by atoms with Crippen LogP contribution in [0.4, 0.5) is 0 Å². The van der Waals surface area contributed by atoms with E-state index in [-0.39, 0.29) is 12.1 Å². The van der Waals surface area contributed by atoms with E-state index in [4.69, 9.17) is 9.47 Å². The fraction of sp³-hybridized carbons (Fsp3) is 0.333. The highest BCUT2D eigenvalue weighted by atomic mass is 32.1. The predicted octanol–water partition coefficient (Wildman–Crippen LogP) is 4.99. The Hall–Kier alpha value is -1.76. The number of rotatable bonds is 5. The van der Waals surface area contributed by atoms with Crippen LogP contribution in [0.2, 0.25) is 0 Å². The van der Waals surface area contributed by atoms with Crippen molar-refractivity contribution in [2.24, 2.45) is 0 Å². The standard InChI is InChI=1S/C21H23NO3S/c1-21(2)24-14-17(25-21)20(22(23)13-15-8-4-3-5-9-15)19-12-16-10-6-7-11-18(16)26-19/h3-12,17,20,23H,13-14H2,1-2H3. The van der Waals surface area contributed by atoms with Gasteiger partial charge in [-0.2, -0.15) is 5.06 Å². The van der Waals surface area contributed by atoms with E-state index in [1.807, 2.05) is 56.3 Å². The van der Waals surface area contributed by atoms with Crippen LogP contribution in [0.15, 0.2) is 60.7 Å². The van der Waals surface area contributed by atoms with E-state index < -0.39 is 5.79 Å². The Morgan fingerprint density at radius 3 is 2.58 bits per heavy atom. The predicted molar refractivity (Wildman–Crippen MR) is 103 cm³/mol. The molecule has 0 saturated carbocycles. The maximum absolute atomic E-state index is 11.0. The van der Waals surface area contributed by atoms with Crippen molar-refractivity contribution in [3.63, 3.8) is 0 Å². The highest BCUT2D eigenvalue weighted by Gasteiger charge is 2.41. The largest absolute Gasteiger partial charge is 0.348 e. The minimum Gasteiger partial charge on any atom is -0.348 e. The van der Waals surface area contributed by atoms with Crippen LogP contribution in [0.3, 0.4) is 0 Å². The zero-order valence-corrected chi connectivity index (χ0v) is 15.8. The second-order valence-electron chi connectivity index (χ2n) is 7.08. The van der Waals surface area contributed by atoms with Gasteiger partial charge in [-0.25, -0.2) is 0 Å². The van der Waals surface area contributed by atoms with Crippen molar-refractivity contribution in [2.45, 2.75) is 38.3 Å². The summed E-state index contributed by atoms with van der Waals surface area (Å²) in [7, 11) is 0. The third-order valence-electron chi connectivity index (χ3n) is 4.63. The maximum Gasteiger partial charge on any atom is 0.163 e. The van der Waals surface area contributed by atoms with Gasteiger partial charge in [0.2, 0.25) is 0 Å². The van der Waals surface area contributed by atoms with Gasteiger partial charge in [0.05, 0.1) is 12.6 Å². The van der Waals surface area contributed by atoms with Crippen LogP contribution in [0, 0.1) is 0 Å². The van der Waals surface area contributed by atoms with Crippen molar-refractivity contribution in [1.82, 2.24) is 5.06 Å². The zero-order valence-electron chi connectivity index (χ0n) is 15.0. The van der Waals surface area contributed by atoms with E-state index in [2.05, 4.69) is 18.2 Å². The van der Waals surface area contributed by atoms with Crippen molar-refractivity contribution >= 4 is 21.4 Å². The summed E-state index contributed by atoms with van der Waals surface area (Å²) in [6, 6.07) is 20.1. The average Bonchev–Trinajstić information content (AvgIpc) is 3.19. The Kier molecular flexibility index (Phi) is 4.82. The molecule has 1 fully saturated rings. The number of thiophene rings is 1. The van der Waals surface area contributed by atoms with Crippen molar-refractivity contribution in [3.05, 3.63) is 71.1 Å². The molecule has 3 aromatic rings. The molecule has 2 unspecified atom stereocenters. The zero-order chi connectivity index (χ0) is 18.1. The van der Waals surface area contributed by atoms with Crippen LogP contribution in [-0.2, 0) is 16.0 Å². The number of ether oxygens (including phenoxy) is 2. The molecular weight excluding hydrogens is 346 g/mol. The molecule has 1 saturated heterocycles. The molecule has 0 bridgehead atoms. The first-order valence-electron chi connectivity index (χ1n) is 8.81. The van der Waals surface area contributed by atoms with Crippen LogP contribution in [0.1, 0.15) is 30.3 Å². The molecular formula is C21H23NO3S. The third-order valence-corrected chi connectivity index (χ3v) is 5.81. The smallest absolute Gasteiger partial charge is 0.163 e. The Morgan fingerprint density at radius 2 is 1.88 bits per heavy atom. The van der Waals surface area contributed by atoms with Gasteiger partial charge in [-0.3, -0.25) is 0 Å². The summed E-state index contributed by atoms with van der Waals surface area (Å²) in [5, 5.41) is 13.5. The van der Waals surface area contributed by atoms with Gasteiger partial charge >= 0.3 is 0 Å². The van der Waals surface area contributed by atoms with Gasteiger partial charge in [-0.05, 0) is 36.9 Å². The molecule has 1 aliphatic rings. The van der Waals surface area contributed by atoms with E-state index in [1.165, 1.54) is 15.1 Å². The van der Waals surface area contributed by atoms with Gasteiger partial charge in [0.1, 0.15) is 6.10 Å². The molecule has 0 radical (unpaired) electrons. The molecule has 0 amide bonds. The fourth-order valence-corrected chi connectivity index (χ4v) is 4.64. The monoisotopic (exact) mass is 369 g/mol. The van der Waals surface area contributed by atoms with E-state index >= 15 is 0 Å². The first-order chi connectivity index (χ1) is 12.5. The second-order valence-corrected chi connectivity index (χ2v) is 8.20. The van der Waals surface area contributed by atoms with E-state index in [0.717, 1.165) is 10.4 Å². The lowest BCUT2D eigenvalue weighted by atomic mass is 10.1. The summed E-state index contributed by atoms with van der Waals surface area (Å²) < 4.78 is 13.1. The topological polar surface area (TPSA) is 41.9 Å². The van der Waals surface area contributed by atoms with Gasteiger partial charge in [-0.1, -0.05) is 48.5 Å². The van der Waals surface area contributed by atoms with E-state index in [9.17, 15) is 5.21 Å². The van der Waals surface area contributed by atoms with Crippen LogP contribution in [-0.4, -0.2) is 28.8 Å². The van der Waals surface area contributed by atoms with Gasteiger partial charge < -0.3 is 14.7 Å². The summed E-state index contributed by atoms with van der Waals surface area (Å²) in [5.41, 5.74) is 1.05. The molecule has 2 aromatic carbocycles. The lowest BCUT2D eigenvalue weighted by Gasteiger charge is -2.30. The molecule has 1 aromatic heterocycles. The second kappa shape index (κ2) is 7.10. The fourth-order valence-electron chi connectivity index (χ4n) is 3.41. The SMILES string of the molecule is CC1(C)OCC(C(c2cc3ccccc3s2)N(O)Cc2ccccc2)O1. The van der Waals surface area contributed by atoms with Crippen molar-refractivity contribution in [3.8, 4) is 0 Å². The lowest BCUT2D eigenvalue weighted by molar-refractivity contribution is -0.190. The molecule has 5 heteroatoms. The molecule has 26 heavy (non-hydrogen) atoms. The van der Waals surface area contributed by atoms with Crippen LogP contribution >= 0.6 is 11.3 Å². The Bertz CT molecular complexity index is 844. The minimum absolute atomic E-state index is 0.230. The van der Waals surface area contributed by atoms with Gasteiger partial charge in [-0.15, -0.1) is 11.3 Å². The van der Waals surface area contributed by atoms with Crippen molar-refractivity contribution < 1.29 is 14.7 Å². The number of hydroxylamine groups is 2. The summed E-state index contributed by atoms with van der Waals surface area (Å²) in [4.78, 5) is 1.08. The molecule has 4 nitrogen and oxygen atoms in total. The number of fused-ring (bicyclic) bond motifs is 1. The molecule has 1 aliphatic heterocycles. The number of nitrogens with zero attached hydrogens (tertiary/aromatic N) is 1. The molecule has 2 atom stereocenters. The quantitative estimate of drug-likeness (QED) is 0.644. The van der Waals surface area contributed by atoms with Gasteiger partial charge in [0.25, 0.3) is 0 Å². The molecule has 136 valence electrons. The maximum atomic E-state index is 11.0. The van der Waals surface area contributed by atoms with Crippen molar-refractivity contribution in [2.75, 3.05) is 6.61 Å². The summed E-state index contributed by atoms with van der Waals surface area (Å²) in [5.74, 6) is -0.632.